The second-order valence-corrected chi connectivity index (χ2v) is 5.23. The Hall–Kier alpha value is -1.58. The van der Waals surface area contributed by atoms with Crippen molar-refractivity contribution in [3.63, 3.8) is 0 Å². The van der Waals surface area contributed by atoms with Crippen molar-refractivity contribution in [2.75, 3.05) is 0 Å². The van der Waals surface area contributed by atoms with Crippen LogP contribution in [0.2, 0.25) is 0 Å². The van der Waals surface area contributed by atoms with Gasteiger partial charge in [-0.1, -0.05) is 18.2 Å². The lowest BCUT2D eigenvalue weighted by Gasteiger charge is -2.08. The predicted molar refractivity (Wildman–Crippen MR) is 77.9 cm³/mol. The van der Waals surface area contributed by atoms with Gasteiger partial charge in [-0.25, -0.2) is 0 Å². The number of rotatable bonds is 4. The van der Waals surface area contributed by atoms with E-state index in [9.17, 15) is 0 Å². The van der Waals surface area contributed by atoms with Crippen LogP contribution in [0.25, 0.3) is 10.9 Å². The van der Waals surface area contributed by atoms with Gasteiger partial charge >= 0.3 is 0 Å². The largest absolute Gasteiger partial charge is 0.347 e. The van der Waals surface area contributed by atoms with E-state index in [1.807, 2.05) is 0 Å². The fourth-order valence-corrected chi connectivity index (χ4v) is 3.08. The van der Waals surface area contributed by atoms with Gasteiger partial charge in [0.1, 0.15) is 0 Å². The molecule has 0 aliphatic rings. The summed E-state index contributed by atoms with van der Waals surface area (Å²) in [5, 5.41) is 5.63. The van der Waals surface area contributed by atoms with Crippen molar-refractivity contribution >= 4 is 22.2 Å². The topological polar surface area (TPSA) is 30.9 Å². The van der Waals surface area contributed by atoms with Gasteiger partial charge in [0.15, 0.2) is 0 Å². The summed E-state index contributed by atoms with van der Waals surface area (Å²) in [4.78, 5) is 0. The first-order valence-electron chi connectivity index (χ1n) is 6.16. The van der Waals surface area contributed by atoms with Crippen LogP contribution in [0.15, 0.2) is 47.3 Å². The van der Waals surface area contributed by atoms with Crippen LogP contribution in [-0.4, -0.2) is 4.57 Å². The number of aryl methyl sites for hydroxylation is 2. The van der Waals surface area contributed by atoms with E-state index in [4.69, 9.17) is 5.73 Å². The Morgan fingerprint density at radius 1 is 1.17 bits per heavy atom. The molecule has 3 rings (SSSR count). The Kier molecular flexibility index (Phi) is 3.17. The van der Waals surface area contributed by atoms with Crippen molar-refractivity contribution in [2.45, 2.75) is 19.5 Å². The number of nitrogens with two attached hydrogens (primary N) is 1. The summed E-state index contributed by atoms with van der Waals surface area (Å²) >= 11 is 1.76. The van der Waals surface area contributed by atoms with Crippen LogP contribution < -0.4 is 5.73 Å². The summed E-state index contributed by atoms with van der Waals surface area (Å²) in [6, 6.07) is 10.7. The van der Waals surface area contributed by atoms with Crippen LogP contribution in [-0.2, 0) is 19.5 Å². The summed E-state index contributed by atoms with van der Waals surface area (Å²) in [5.41, 5.74) is 9.74. The average molecular weight is 256 g/mol. The Balaban J connectivity index is 1.92. The van der Waals surface area contributed by atoms with Crippen LogP contribution in [0.3, 0.4) is 0 Å². The van der Waals surface area contributed by atoms with Gasteiger partial charge in [-0.05, 0) is 45.8 Å². The highest BCUT2D eigenvalue weighted by atomic mass is 32.1. The normalized spacial score (nSPS) is 11.2. The van der Waals surface area contributed by atoms with E-state index in [0.29, 0.717) is 6.54 Å². The first-order chi connectivity index (χ1) is 8.88. The van der Waals surface area contributed by atoms with E-state index in [1.165, 1.54) is 22.0 Å². The first kappa shape index (κ1) is 11.5. The van der Waals surface area contributed by atoms with E-state index in [2.05, 4.69) is 51.9 Å². The molecule has 2 nitrogen and oxygen atoms in total. The van der Waals surface area contributed by atoms with Crippen LogP contribution in [0, 0.1) is 0 Å². The molecule has 1 aromatic carbocycles. The fraction of sp³-hybridized carbons (Fsp3) is 0.200. The van der Waals surface area contributed by atoms with Crippen LogP contribution in [0.5, 0.6) is 0 Å². The van der Waals surface area contributed by atoms with Gasteiger partial charge in [0.25, 0.3) is 0 Å². The summed E-state index contributed by atoms with van der Waals surface area (Å²) in [6.07, 6.45) is 3.24. The Labute approximate surface area is 111 Å². The SMILES string of the molecule is NCc1cccc2ccn(CCc3ccsc3)c12. The molecular formula is C15H16N2S. The summed E-state index contributed by atoms with van der Waals surface area (Å²) < 4.78 is 2.31. The van der Waals surface area contributed by atoms with Crippen molar-refractivity contribution < 1.29 is 0 Å². The molecule has 0 atom stereocenters. The quantitative estimate of drug-likeness (QED) is 0.762. The molecule has 0 saturated carbocycles. The minimum absolute atomic E-state index is 0.597. The van der Waals surface area contributed by atoms with Gasteiger partial charge < -0.3 is 10.3 Å². The van der Waals surface area contributed by atoms with E-state index in [1.54, 1.807) is 11.3 Å². The molecule has 18 heavy (non-hydrogen) atoms. The molecule has 92 valence electrons. The molecule has 2 heterocycles. The highest BCUT2D eigenvalue weighted by Crippen LogP contribution is 2.20. The molecule has 0 spiro atoms. The number of benzene rings is 1. The van der Waals surface area contributed by atoms with Gasteiger partial charge in [0.2, 0.25) is 0 Å². The number of thiophene rings is 1. The lowest BCUT2D eigenvalue weighted by atomic mass is 10.1. The zero-order chi connectivity index (χ0) is 12.4. The van der Waals surface area contributed by atoms with Gasteiger partial charge in [-0.2, -0.15) is 11.3 Å². The van der Waals surface area contributed by atoms with E-state index in [-0.39, 0.29) is 0 Å². The summed E-state index contributed by atoms with van der Waals surface area (Å²) in [7, 11) is 0. The maximum atomic E-state index is 5.82. The molecule has 0 aliphatic heterocycles. The maximum Gasteiger partial charge on any atom is 0.0525 e. The van der Waals surface area contributed by atoms with Gasteiger partial charge in [-0.15, -0.1) is 0 Å². The van der Waals surface area contributed by atoms with Crippen molar-refractivity contribution in [1.82, 2.24) is 4.57 Å². The molecule has 3 heteroatoms. The van der Waals surface area contributed by atoms with Gasteiger partial charge in [0.05, 0.1) is 5.52 Å². The van der Waals surface area contributed by atoms with E-state index in [0.717, 1.165) is 13.0 Å². The van der Waals surface area contributed by atoms with Gasteiger partial charge in [-0.3, -0.25) is 0 Å². The minimum atomic E-state index is 0.597. The highest BCUT2D eigenvalue weighted by Gasteiger charge is 2.05. The highest BCUT2D eigenvalue weighted by molar-refractivity contribution is 7.07. The van der Waals surface area contributed by atoms with Crippen LogP contribution in [0.1, 0.15) is 11.1 Å². The van der Waals surface area contributed by atoms with Crippen molar-refractivity contribution in [3.05, 3.63) is 58.4 Å². The average Bonchev–Trinajstić information content (AvgIpc) is 3.05. The molecule has 2 N–H and O–H groups in total. The van der Waals surface area contributed by atoms with Crippen molar-refractivity contribution in [1.29, 1.82) is 0 Å². The molecule has 0 aliphatic carbocycles. The smallest absolute Gasteiger partial charge is 0.0525 e. The third-order valence-electron chi connectivity index (χ3n) is 3.31. The molecule has 0 amide bonds. The number of nitrogens with zero attached hydrogens (tertiary/aromatic N) is 1. The number of fused-ring (bicyclic) bond motifs is 1. The molecule has 0 unspecified atom stereocenters. The lowest BCUT2D eigenvalue weighted by molar-refractivity contribution is 0.721. The zero-order valence-electron chi connectivity index (χ0n) is 10.2. The summed E-state index contributed by atoms with van der Waals surface area (Å²) in [6.45, 7) is 1.61. The number of para-hydroxylation sites is 1. The monoisotopic (exact) mass is 256 g/mol. The zero-order valence-corrected chi connectivity index (χ0v) is 11.0. The second kappa shape index (κ2) is 4.96. The summed E-state index contributed by atoms with van der Waals surface area (Å²) in [5.74, 6) is 0. The predicted octanol–water partition coefficient (Wildman–Crippen LogP) is 3.40. The third kappa shape index (κ3) is 2.07. The van der Waals surface area contributed by atoms with E-state index >= 15 is 0 Å². The van der Waals surface area contributed by atoms with Crippen molar-refractivity contribution in [2.24, 2.45) is 5.73 Å². The molecule has 0 radical (unpaired) electrons. The number of hydrogen-bond donors (Lipinski definition) is 1. The number of hydrogen-bond acceptors (Lipinski definition) is 2. The molecular weight excluding hydrogens is 240 g/mol. The standard InChI is InChI=1S/C15H16N2S/c16-10-14-3-1-2-13-5-8-17(15(13)14)7-4-12-6-9-18-11-12/h1-3,5-6,8-9,11H,4,7,10,16H2. The molecule has 3 aromatic rings. The van der Waals surface area contributed by atoms with Crippen LogP contribution in [0.4, 0.5) is 0 Å². The number of aromatic nitrogens is 1. The third-order valence-corrected chi connectivity index (χ3v) is 4.05. The fourth-order valence-electron chi connectivity index (χ4n) is 2.38. The Bertz CT molecular complexity index is 638. The first-order valence-corrected chi connectivity index (χ1v) is 7.10. The van der Waals surface area contributed by atoms with E-state index < -0.39 is 0 Å². The second-order valence-electron chi connectivity index (χ2n) is 4.45. The van der Waals surface area contributed by atoms with Crippen molar-refractivity contribution in [3.8, 4) is 0 Å². The molecule has 0 bridgehead atoms. The molecule has 0 fully saturated rings. The minimum Gasteiger partial charge on any atom is -0.347 e. The molecule has 0 saturated heterocycles. The maximum absolute atomic E-state index is 5.82. The molecule has 2 aromatic heterocycles. The van der Waals surface area contributed by atoms with Crippen LogP contribution >= 0.6 is 11.3 Å². The Morgan fingerprint density at radius 2 is 2.11 bits per heavy atom. The Morgan fingerprint density at radius 3 is 2.89 bits per heavy atom. The van der Waals surface area contributed by atoms with Gasteiger partial charge in [0, 0.05) is 19.3 Å². The lowest BCUT2D eigenvalue weighted by Crippen LogP contribution is -2.04.